The van der Waals surface area contributed by atoms with Crippen LogP contribution in [0.5, 0.6) is 0 Å². The first-order valence-corrected chi connectivity index (χ1v) is 15.2. The lowest BCUT2D eigenvalue weighted by Gasteiger charge is -2.16. The first-order valence-electron chi connectivity index (χ1n) is 15.2. The first kappa shape index (κ1) is 30.5. The molecule has 2 unspecified atom stereocenters. The fourth-order valence-electron chi connectivity index (χ4n) is 5.26. The largest absolute Gasteiger partial charge is 0.475 e. The van der Waals surface area contributed by atoms with Crippen molar-refractivity contribution in [3.63, 3.8) is 0 Å². The minimum absolute atomic E-state index is 0.650. The number of methoxy groups -OCH3 is 1. The van der Waals surface area contributed by atoms with Gasteiger partial charge in [0.25, 0.3) is 0 Å². The smallest absolute Gasteiger partial charge is 0.345 e. The van der Waals surface area contributed by atoms with E-state index in [4.69, 9.17) is 15.5 Å². The Balaban J connectivity index is 1.90. The Morgan fingerprint density at radius 3 is 2.03 bits per heavy atom. The molecule has 0 aliphatic rings. The molecule has 0 aliphatic heterocycles. The van der Waals surface area contributed by atoms with Gasteiger partial charge in [-0.3, -0.25) is 0 Å². The predicted molar refractivity (Wildman–Crippen MR) is 165 cm³/mol. The van der Waals surface area contributed by atoms with Crippen LogP contribution in [0.2, 0.25) is 0 Å². The van der Waals surface area contributed by atoms with E-state index in [-0.39, 0.29) is 0 Å². The van der Waals surface area contributed by atoms with E-state index in [2.05, 4.69) is 85.6 Å². The van der Waals surface area contributed by atoms with Crippen LogP contribution in [0.25, 0.3) is 0 Å². The number of unbranched alkanes of at least 4 members (excludes halogenated alkanes) is 2. The molecule has 2 aromatic carbocycles. The number of hydrogen-bond acceptors (Lipinski definition) is 3. The van der Waals surface area contributed by atoms with Gasteiger partial charge in [0.1, 0.15) is 12.4 Å². The van der Waals surface area contributed by atoms with Crippen LogP contribution < -0.4 is 10.3 Å². The van der Waals surface area contributed by atoms with Crippen molar-refractivity contribution in [2.24, 2.45) is 16.8 Å². The number of benzene rings is 2. The minimum atomic E-state index is 0.650. The van der Waals surface area contributed by atoms with Gasteiger partial charge < -0.3 is 10.5 Å². The number of imidazole rings is 1. The summed E-state index contributed by atoms with van der Waals surface area (Å²) in [6.07, 6.45) is 15.3. The second kappa shape index (κ2) is 16.1. The molecule has 0 radical (unpaired) electrons. The van der Waals surface area contributed by atoms with Crippen molar-refractivity contribution in [1.82, 2.24) is 4.57 Å². The van der Waals surface area contributed by atoms with Gasteiger partial charge in [0.2, 0.25) is 0 Å². The fraction of sp³-hybridized carbons (Fsp3) is 0.529. The molecule has 0 saturated carbocycles. The molecule has 0 aliphatic carbocycles. The van der Waals surface area contributed by atoms with Gasteiger partial charge >= 0.3 is 11.7 Å². The van der Waals surface area contributed by atoms with Crippen LogP contribution in [0, 0.1) is 11.8 Å². The Kier molecular flexibility index (Phi) is 12.6. The zero-order valence-electron chi connectivity index (χ0n) is 25.0. The third kappa shape index (κ3) is 9.26. The zero-order valence-corrected chi connectivity index (χ0v) is 25.0. The lowest BCUT2D eigenvalue weighted by atomic mass is 9.99. The number of nitrogens with two attached hydrogens (primary N) is 1. The molecule has 39 heavy (non-hydrogen) atoms. The number of nitrogens with zero attached hydrogens (tertiary/aromatic N) is 3. The molecule has 2 atom stereocenters. The number of anilines is 1. The van der Waals surface area contributed by atoms with E-state index in [1.165, 1.54) is 62.5 Å². The molecule has 0 amide bonds. The molecule has 1 aromatic heterocycles. The third-order valence-corrected chi connectivity index (χ3v) is 7.91. The van der Waals surface area contributed by atoms with Crippen molar-refractivity contribution in [1.29, 1.82) is 0 Å². The molecule has 3 rings (SSSR count). The predicted octanol–water partition coefficient (Wildman–Crippen LogP) is 8.11. The van der Waals surface area contributed by atoms with Gasteiger partial charge in [-0.15, -0.1) is 0 Å². The average Bonchev–Trinajstić information content (AvgIpc) is 3.35. The normalized spacial score (nSPS) is 13.4. The average molecular weight is 532 g/mol. The topological polar surface area (TPSA) is 56.4 Å². The van der Waals surface area contributed by atoms with Crippen molar-refractivity contribution in [2.75, 3.05) is 12.8 Å². The van der Waals surface area contributed by atoms with Gasteiger partial charge in [-0.2, -0.15) is 0 Å². The summed E-state index contributed by atoms with van der Waals surface area (Å²) >= 11 is 0. The van der Waals surface area contributed by atoms with E-state index in [1.807, 2.05) is 12.1 Å². The maximum Gasteiger partial charge on any atom is 0.345 e. The molecule has 5 heteroatoms. The maximum atomic E-state index is 6.01. The Hall–Kier alpha value is -3.08. The number of nitrogen functional groups attached to an aromatic ring is 1. The fourth-order valence-corrected chi connectivity index (χ4v) is 5.26. The molecule has 1 heterocycles. The van der Waals surface area contributed by atoms with Crippen LogP contribution in [0.1, 0.15) is 96.0 Å². The number of ether oxygens (including phenoxy) is 1. The lowest BCUT2D eigenvalue weighted by Crippen LogP contribution is -2.43. The van der Waals surface area contributed by atoms with Crippen molar-refractivity contribution < 1.29 is 9.30 Å². The highest BCUT2D eigenvalue weighted by Gasteiger charge is 2.27. The van der Waals surface area contributed by atoms with Crippen LogP contribution in [0.4, 0.5) is 11.4 Å². The van der Waals surface area contributed by atoms with Crippen LogP contribution in [-0.4, -0.2) is 17.6 Å². The van der Waals surface area contributed by atoms with E-state index in [0.717, 1.165) is 36.7 Å². The summed E-state index contributed by atoms with van der Waals surface area (Å²) in [6, 6.07) is 16.6. The Morgan fingerprint density at radius 2 is 1.46 bits per heavy atom. The number of hydrogen-bond donors (Lipinski definition) is 1. The number of rotatable bonds is 16. The number of aliphatic imine (C=N–C) groups is 1. The summed E-state index contributed by atoms with van der Waals surface area (Å²) in [5.41, 5.74) is 10.0. The van der Waals surface area contributed by atoms with E-state index >= 15 is 0 Å². The summed E-state index contributed by atoms with van der Waals surface area (Å²) in [5.74, 6) is 3.06. The van der Waals surface area contributed by atoms with Crippen molar-refractivity contribution in [2.45, 2.75) is 98.6 Å². The highest BCUT2D eigenvalue weighted by atomic mass is 16.5. The quantitative estimate of drug-likeness (QED) is 0.0878. The van der Waals surface area contributed by atoms with Crippen molar-refractivity contribution >= 4 is 17.3 Å². The molecule has 2 N–H and O–H groups in total. The van der Waals surface area contributed by atoms with Gasteiger partial charge in [0.15, 0.2) is 0 Å². The van der Waals surface area contributed by atoms with Gasteiger partial charge in [0, 0.05) is 5.69 Å². The highest BCUT2D eigenvalue weighted by molar-refractivity contribution is 5.91. The van der Waals surface area contributed by atoms with Crippen molar-refractivity contribution in [3.05, 3.63) is 77.9 Å². The highest BCUT2D eigenvalue weighted by Crippen LogP contribution is 2.21. The molecule has 212 valence electrons. The molecule has 0 bridgehead atoms. The van der Waals surface area contributed by atoms with Gasteiger partial charge in [0.05, 0.1) is 25.9 Å². The van der Waals surface area contributed by atoms with Crippen LogP contribution >= 0.6 is 0 Å². The van der Waals surface area contributed by atoms with Gasteiger partial charge in [-0.05, 0) is 79.3 Å². The summed E-state index contributed by atoms with van der Waals surface area (Å²) < 4.78 is 10.8. The minimum Gasteiger partial charge on any atom is -0.475 e. The molecule has 3 aromatic rings. The Labute approximate surface area is 237 Å². The standard InChI is InChI=1S/C34H51N4O/c1-6-10-12-27(8-3)25-37-22-23-38(26-28(9-4)13-11-7-2)34(37)33(39-5)36-32-20-16-30(17-21-32)24-29-14-18-31(35)19-15-29/h14-23,27-28H,6-13,24-26,35H2,1-5H3/q+1/b36-33-. The summed E-state index contributed by atoms with van der Waals surface area (Å²) in [5, 5.41) is 0. The van der Waals surface area contributed by atoms with Crippen LogP contribution in [-0.2, 0) is 24.2 Å². The van der Waals surface area contributed by atoms with Crippen molar-refractivity contribution in [3.8, 4) is 0 Å². The molecular weight excluding hydrogens is 480 g/mol. The molecular formula is C34H51N4O+. The molecule has 0 spiro atoms. The number of aromatic nitrogens is 2. The second-order valence-corrected chi connectivity index (χ2v) is 11.0. The zero-order chi connectivity index (χ0) is 28.0. The summed E-state index contributed by atoms with van der Waals surface area (Å²) in [7, 11) is 1.75. The van der Waals surface area contributed by atoms with Crippen LogP contribution in [0.15, 0.2) is 65.9 Å². The summed E-state index contributed by atoms with van der Waals surface area (Å²) in [4.78, 5) is 5.03. The van der Waals surface area contributed by atoms with E-state index < -0.39 is 0 Å². The van der Waals surface area contributed by atoms with Gasteiger partial charge in [-0.1, -0.05) is 77.6 Å². The lowest BCUT2D eigenvalue weighted by molar-refractivity contribution is -0.704. The van der Waals surface area contributed by atoms with E-state index in [0.29, 0.717) is 17.7 Å². The van der Waals surface area contributed by atoms with Crippen LogP contribution in [0.3, 0.4) is 0 Å². The summed E-state index contributed by atoms with van der Waals surface area (Å²) in [6.45, 7) is 11.2. The monoisotopic (exact) mass is 531 g/mol. The van der Waals surface area contributed by atoms with Gasteiger partial charge in [-0.25, -0.2) is 14.1 Å². The molecule has 0 saturated heterocycles. The third-order valence-electron chi connectivity index (χ3n) is 7.91. The maximum absolute atomic E-state index is 6.01. The Morgan fingerprint density at radius 1 is 0.872 bits per heavy atom. The van der Waals surface area contributed by atoms with E-state index in [9.17, 15) is 0 Å². The molecule has 0 fully saturated rings. The Bertz CT molecular complexity index is 1100. The first-order chi connectivity index (χ1) is 19.0. The SMILES string of the molecule is CCCCC(CC)Cn1cc[n+](CC(CC)CCCC)c1/C(=N/c1ccc(Cc2ccc(N)cc2)cc1)OC. The molecule has 5 nitrogen and oxygen atoms in total. The van der Waals surface area contributed by atoms with E-state index in [1.54, 1.807) is 7.11 Å². The second-order valence-electron chi connectivity index (χ2n) is 11.0.